The number of ether oxygens (including phenoxy) is 1. The first-order valence-electron chi connectivity index (χ1n) is 14.5. The van der Waals surface area contributed by atoms with Crippen molar-refractivity contribution in [2.24, 2.45) is 16.2 Å². The van der Waals surface area contributed by atoms with Crippen LogP contribution >= 0.6 is 0 Å². The molecule has 41 heavy (non-hydrogen) atoms. The average molecular weight is 586 g/mol. The van der Waals surface area contributed by atoms with Gasteiger partial charge in [-0.1, -0.05) is 61.8 Å². The van der Waals surface area contributed by atoms with Gasteiger partial charge in [-0.3, -0.25) is 19.2 Å². The summed E-state index contributed by atoms with van der Waals surface area (Å²) in [7, 11) is 0. The maximum atomic E-state index is 13.1. The first kappa shape index (κ1) is 38.3. The summed E-state index contributed by atoms with van der Waals surface area (Å²) < 4.78 is 6.05. The van der Waals surface area contributed by atoms with Crippen LogP contribution in [0.3, 0.4) is 0 Å². The Morgan fingerprint density at radius 1 is 0.756 bits per heavy atom. The lowest BCUT2D eigenvalue weighted by atomic mass is 9.75. The summed E-state index contributed by atoms with van der Waals surface area (Å²) in [5, 5.41) is 26.5. The third-order valence-electron chi connectivity index (χ3n) is 6.89. The third-order valence-corrected chi connectivity index (χ3v) is 6.89. The van der Waals surface area contributed by atoms with Crippen LogP contribution in [-0.2, 0) is 28.7 Å². The number of carboxylic acid groups (broad SMARTS) is 2. The highest BCUT2D eigenvalue weighted by Gasteiger charge is 2.34. The second kappa shape index (κ2) is 16.1. The van der Waals surface area contributed by atoms with E-state index in [2.05, 4.69) is 36.7 Å². The van der Waals surface area contributed by atoms with Gasteiger partial charge in [0.05, 0.1) is 5.60 Å². The SMILES string of the molecule is CCC[C@H](NC(=O)[C@H](CCC(=O)O)NC(=O)C(C)(C)CCOC(C)(C)CCNC(=O)C(C)(C)CC(C)(C)C)C(=O)O. The van der Waals surface area contributed by atoms with Crippen molar-refractivity contribution < 1.29 is 38.9 Å². The number of carboxylic acids is 2. The smallest absolute Gasteiger partial charge is 0.326 e. The zero-order valence-electron chi connectivity index (χ0n) is 26.9. The molecule has 5 N–H and O–H groups in total. The van der Waals surface area contributed by atoms with Crippen LogP contribution < -0.4 is 16.0 Å². The predicted molar refractivity (Wildman–Crippen MR) is 157 cm³/mol. The van der Waals surface area contributed by atoms with E-state index in [1.807, 2.05) is 27.7 Å². The molecule has 0 saturated carbocycles. The predicted octanol–water partition coefficient (Wildman–Crippen LogP) is 3.89. The first-order valence-corrected chi connectivity index (χ1v) is 14.5. The number of carbonyl (C=O) groups excluding carboxylic acids is 3. The van der Waals surface area contributed by atoms with Crippen LogP contribution in [0.5, 0.6) is 0 Å². The van der Waals surface area contributed by atoms with Gasteiger partial charge < -0.3 is 30.9 Å². The molecule has 0 aromatic carbocycles. The molecule has 0 radical (unpaired) electrons. The zero-order chi connectivity index (χ0) is 32.2. The maximum Gasteiger partial charge on any atom is 0.326 e. The molecule has 0 heterocycles. The van der Waals surface area contributed by atoms with E-state index in [0.29, 0.717) is 25.8 Å². The summed E-state index contributed by atoms with van der Waals surface area (Å²) in [6.45, 7) is 19.9. The van der Waals surface area contributed by atoms with E-state index in [9.17, 15) is 29.1 Å². The number of aliphatic carboxylic acids is 2. The molecule has 238 valence electrons. The van der Waals surface area contributed by atoms with Crippen molar-refractivity contribution in [1.82, 2.24) is 16.0 Å². The Morgan fingerprint density at radius 2 is 1.34 bits per heavy atom. The Labute approximate surface area is 245 Å². The lowest BCUT2D eigenvalue weighted by molar-refractivity contribution is -0.143. The molecule has 0 spiro atoms. The summed E-state index contributed by atoms with van der Waals surface area (Å²) >= 11 is 0. The molecule has 0 saturated heterocycles. The molecule has 2 atom stereocenters. The van der Waals surface area contributed by atoms with Crippen molar-refractivity contribution in [3.63, 3.8) is 0 Å². The van der Waals surface area contributed by atoms with Crippen LogP contribution in [0.25, 0.3) is 0 Å². The van der Waals surface area contributed by atoms with Crippen molar-refractivity contribution >= 4 is 29.7 Å². The monoisotopic (exact) mass is 585 g/mol. The minimum atomic E-state index is -1.20. The lowest BCUT2D eigenvalue weighted by Crippen LogP contribution is -2.54. The third kappa shape index (κ3) is 15.8. The van der Waals surface area contributed by atoms with Crippen molar-refractivity contribution in [2.45, 2.75) is 132 Å². The minimum Gasteiger partial charge on any atom is -0.481 e. The number of hydrogen-bond donors (Lipinski definition) is 5. The van der Waals surface area contributed by atoms with Gasteiger partial charge in [-0.15, -0.1) is 0 Å². The highest BCUT2D eigenvalue weighted by atomic mass is 16.5. The molecule has 11 nitrogen and oxygen atoms in total. The van der Waals surface area contributed by atoms with E-state index in [0.717, 1.165) is 6.42 Å². The molecule has 0 aliphatic rings. The fraction of sp³-hybridized carbons (Fsp3) is 0.833. The van der Waals surface area contributed by atoms with Crippen LogP contribution in [0.1, 0.15) is 114 Å². The topological polar surface area (TPSA) is 171 Å². The maximum absolute atomic E-state index is 13.1. The van der Waals surface area contributed by atoms with Crippen molar-refractivity contribution in [1.29, 1.82) is 0 Å². The summed E-state index contributed by atoms with van der Waals surface area (Å²) in [6, 6.07) is -2.32. The van der Waals surface area contributed by atoms with Gasteiger partial charge >= 0.3 is 11.9 Å². The van der Waals surface area contributed by atoms with E-state index < -0.39 is 52.3 Å². The first-order chi connectivity index (χ1) is 18.5. The molecule has 0 unspecified atom stereocenters. The van der Waals surface area contributed by atoms with Gasteiger partial charge in [0.15, 0.2) is 0 Å². The molecule has 0 rings (SSSR count). The number of carbonyl (C=O) groups is 5. The van der Waals surface area contributed by atoms with E-state index in [4.69, 9.17) is 9.84 Å². The molecule has 0 aliphatic carbocycles. The molecule has 11 heteroatoms. The highest BCUT2D eigenvalue weighted by Crippen LogP contribution is 2.33. The van der Waals surface area contributed by atoms with Crippen LogP contribution in [0.15, 0.2) is 0 Å². The van der Waals surface area contributed by atoms with Gasteiger partial charge in [-0.05, 0) is 51.4 Å². The molecular weight excluding hydrogens is 530 g/mol. The lowest BCUT2D eigenvalue weighted by Gasteiger charge is -2.32. The van der Waals surface area contributed by atoms with Crippen molar-refractivity contribution in [3.05, 3.63) is 0 Å². The quantitative estimate of drug-likeness (QED) is 0.152. The number of hydrogen-bond acceptors (Lipinski definition) is 6. The largest absolute Gasteiger partial charge is 0.481 e. The number of rotatable bonds is 19. The van der Waals surface area contributed by atoms with Gasteiger partial charge in [0.25, 0.3) is 0 Å². The molecule has 0 aromatic heterocycles. The second-order valence-electron chi connectivity index (χ2n) is 14.0. The van der Waals surface area contributed by atoms with Gasteiger partial charge in [-0.25, -0.2) is 4.79 Å². The van der Waals surface area contributed by atoms with Crippen LogP contribution in [0.2, 0.25) is 0 Å². The van der Waals surface area contributed by atoms with Crippen LogP contribution in [-0.4, -0.2) is 70.7 Å². The fourth-order valence-electron chi connectivity index (χ4n) is 4.60. The summed E-state index contributed by atoms with van der Waals surface area (Å²) in [4.78, 5) is 61.2. The second-order valence-corrected chi connectivity index (χ2v) is 14.0. The fourth-order valence-corrected chi connectivity index (χ4v) is 4.60. The van der Waals surface area contributed by atoms with E-state index >= 15 is 0 Å². The van der Waals surface area contributed by atoms with E-state index in [1.54, 1.807) is 20.8 Å². The van der Waals surface area contributed by atoms with Gasteiger partial charge in [-0.2, -0.15) is 0 Å². The minimum absolute atomic E-state index is 0.00751. The summed E-state index contributed by atoms with van der Waals surface area (Å²) in [6.07, 6.45) is 1.81. The van der Waals surface area contributed by atoms with Gasteiger partial charge in [0.1, 0.15) is 12.1 Å². The Kier molecular flexibility index (Phi) is 15.0. The molecule has 0 aliphatic heterocycles. The number of nitrogens with one attached hydrogen (secondary N) is 3. The Morgan fingerprint density at radius 3 is 1.83 bits per heavy atom. The van der Waals surface area contributed by atoms with E-state index in [-0.39, 0.29) is 37.2 Å². The molecule has 0 bridgehead atoms. The van der Waals surface area contributed by atoms with Crippen LogP contribution in [0.4, 0.5) is 0 Å². The molecule has 0 fully saturated rings. The summed E-state index contributed by atoms with van der Waals surface area (Å²) in [5.74, 6) is -3.55. The molecule has 0 aromatic rings. The summed E-state index contributed by atoms with van der Waals surface area (Å²) in [5.41, 5.74) is -2.00. The Balaban J connectivity index is 5.05. The average Bonchev–Trinajstić information content (AvgIpc) is 2.78. The highest BCUT2D eigenvalue weighted by molar-refractivity contribution is 5.92. The van der Waals surface area contributed by atoms with Crippen LogP contribution in [0, 0.1) is 16.2 Å². The Hall–Kier alpha value is -2.69. The zero-order valence-corrected chi connectivity index (χ0v) is 26.9. The molecular formula is C30H55N3O8. The standard InChI is InChI=1S/C30H55N3O8/c1-11-12-21(24(37)38)32-23(36)20(13-14-22(34)35)33-26(40)28(5,6)16-18-41-30(9,10)15-17-31-25(39)29(7,8)19-27(2,3)4/h20-21H,11-19H2,1-10H3,(H,31,39)(H,32,36)(H,33,40)(H,34,35)(H,37,38)/t20-,21-/m0/s1. The normalized spacial score (nSPS) is 14.1. The molecule has 3 amide bonds. The van der Waals surface area contributed by atoms with Crippen molar-refractivity contribution in [2.75, 3.05) is 13.2 Å². The van der Waals surface area contributed by atoms with Gasteiger partial charge in [0, 0.05) is 30.4 Å². The number of amides is 3. The van der Waals surface area contributed by atoms with Crippen molar-refractivity contribution in [3.8, 4) is 0 Å². The Bertz CT molecular complexity index is 906. The van der Waals surface area contributed by atoms with E-state index in [1.165, 1.54) is 0 Å². The van der Waals surface area contributed by atoms with Gasteiger partial charge in [0.2, 0.25) is 17.7 Å².